The number of nitrogens with one attached hydrogen (secondary N) is 1. The van der Waals surface area contributed by atoms with E-state index in [0.717, 1.165) is 25.8 Å². The van der Waals surface area contributed by atoms with Gasteiger partial charge in [0.1, 0.15) is 17.5 Å². The number of H-pyrrole nitrogens is 1. The molecule has 0 bridgehead atoms. The van der Waals surface area contributed by atoms with Crippen LogP contribution in [-0.2, 0) is 0 Å². The Kier molecular flexibility index (Phi) is 3.06. The number of aryl methyl sites for hydroxylation is 1. The van der Waals surface area contributed by atoms with Crippen molar-refractivity contribution in [1.82, 2.24) is 15.2 Å². The number of pyridine rings is 1. The number of aromatic nitrogens is 3. The fourth-order valence-electron chi connectivity index (χ4n) is 2.24. The summed E-state index contributed by atoms with van der Waals surface area (Å²) in [5, 5.41) is 17.3. The predicted octanol–water partition coefficient (Wildman–Crippen LogP) is 2.99. The van der Waals surface area contributed by atoms with Crippen LogP contribution >= 0.6 is 22.6 Å². The van der Waals surface area contributed by atoms with Gasteiger partial charge in [0.2, 0.25) is 0 Å². The third-order valence-electron chi connectivity index (χ3n) is 3.16. The molecule has 0 saturated heterocycles. The number of hydrogen-bond acceptors (Lipinski definition) is 4. The minimum atomic E-state index is 0.208. The molecule has 1 aromatic carbocycles. The fourth-order valence-corrected chi connectivity index (χ4v) is 2.60. The van der Waals surface area contributed by atoms with Gasteiger partial charge in [0.05, 0.1) is 5.39 Å². The van der Waals surface area contributed by atoms with Crippen LogP contribution in [0.4, 0.5) is 5.82 Å². The second-order valence-electron chi connectivity index (χ2n) is 4.41. The van der Waals surface area contributed by atoms with E-state index in [9.17, 15) is 5.26 Å². The first-order valence-corrected chi connectivity index (χ1v) is 7.00. The second-order valence-corrected chi connectivity index (χ2v) is 5.66. The van der Waals surface area contributed by atoms with E-state index >= 15 is 0 Å². The lowest BCUT2D eigenvalue weighted by molar-refractivity contribution is 1.06. The number of rotatable bonds is 1. The normalized spacial score (nSPS) is 10.7. The summed E-state index contributed by atoms with van der Waals surface area (Å²) in [6.45, 7) is 1.91. The molecule has 0 aliphatic rings. The molecule has 3 aromatic rings. The number of aromatic amines is 1. The minimum absolute atomic E-state index is 0.208. The molecule has 2 aromatic heterocycles. The first kappa shape index (κ1) is 12.9. The Morgan fingerprint density at radius 1 is 1.30 bits per heavy atom. The van der Waals surface area contributed by atoms with Crippen molar-refractivity contribution in [1.29, 1.82) is 5.26 Å². The molecular formula is C14H10IN5. The summed E-state index contributed by atoms with van der Waals surface area (Å²) in [6, 6.07) is 10.1. The fraction of sp³-hybridized carbons (Fsp3) is 0.0714. The SMILES string of the molecule is Cc1[nH]nc2nc(N)c(C#N)c(-c3ccc(I)cc3)c12. The number of hydrogen-bond donors (Lipinski definition) is 2. The number of nitrogen functional groups attached to an aromatic ring is 1. The van der Waals surface area contributed by atoms with Crippen molar-refractivity contribution in [3.05, 3.63) is 39.1 Å². The summed E-state index contributed by atoms with van der Waals surface area (Å²) in [5.74, 6) is 0.208. The minimum Gasteiger partial charge on any atom is -0.383 e. The van der Waals surface area contributed by atoms with Crippen molar-refractivity contribution in [3.8, 4) is 17.2 Å². The topological polar surface area (TPSA) is 91.4 Å². The molecule has 0 amide bonds. The van der Waals surface area contributed by atoms with Crippen molar-refractivity contribution >= 4 is 39.4 Å². The molecule has 0 aliphatic heterocycles. The lowest BCUT2D eigenvalue weighted by Gasteiger charge is -2.08. The Hall–Kier alpha value is -2.14. The monoisotopic (exact) mass is 375 g/mol. The average molecular weight is 375 g/mol. The van der Waals surface area contributed by atoms with E-state index in [0.29, 0.717) is 11.2 Å². The summed E-state index contributed by atoms with van der Waals surface area (Å²) >= 11 is 2.24. The van der Waals surface area contributed by atoms with Gasteiger partial charge < -0.3 is 5.73 Å². The Morgan fingerprint density at radius 2 is 2.00 bits per heavy atom. The Bertz CT molecular complexity index is 843. The average Bonchev–Trinajstić information content (AvgIpc) is 2.79. The predicted molar refractivity (Wildman–Crippen MR) is 85.9 cm³/mol. The number of nitrogens with two attached hydrogens (primary N) is 1. The molecule has 0 unspecified atom stereocenters. The number of anilines is 1. The summed E-state index contributed by atoms with van der Waals surface area (Å²) in [6.07, 6.45) is 0. The first-order valence-electron chi connectivity index (χ1n) is 5.92. The zero-order valence-electron chi connectivity index (χ0n) is 10.6. The molecule has 2 heterocycles. The number of nitrogens with zero attached hydrogens (tertiary/aromatic N) is 3. The summed E-state index contributed by atoms with van der Waals surface area (Å²) < 4.78 is 1.13. The molecule has 0 radical (unpaired) electrons. The molecule has 0 fully saturated rings. The van der Waals surface area contributed by atoms with Crippen LogP contribution in [0, 0.1) is 21.8 Å². The Morgan fingerprint density at radius 3 is 2.65 bits per heavy atom. The number of fused-ring (bicyclic) bond motifs is 1. The van der Waals surface area contributed by atoms with Crippen molar-refractivity contribution in [2.24, 2.45) is 0 Å². The lowest BCUT2D eigenvalue weighted by atomic mass is 9.97. The standard InChI is InChI=1S/C14H10IN5/c1-7-11-12(8-2-4-9(15)5-3-8)10(6-16)13(17)18-14(11)20-19-7/h2-5H,1H3,(H3,17,18,19,20). The third kappa shape index (κ3) is 1.91. The Labute approximate surface area is 129 Å². The van der Waals surface area contributed by atoms with Gasteiger partial charge in [-0.1, -0.05) is 12.1 Å². The van der Waals surface area contributed by atoms with Gasteiger partial charge in [-0.15, -0.1) is 0 Å². The molecule has 6 heteroatoms. The summed E-state index contributed by atoms with van der Waals surface area (Å²) in [7, 11) is 0. The maximum atomic E-state index is 9.40. The highest BCUT2D eigenvalue weighted by molar-refractivity contribution is 14.1. The number of nitriles is 1. The van der Waals surface area contributed by atoms with Crippen LogP contribution in [0.5, 0.6) is 0 Å². The molecule has 0 atom stereocenters. The van der Waals surface area contributed by atoms with Gasteiger partial charge in [-0.25, -0.2) is 4.98 Å². The van der Waals surface area contributed by atoms with Crippen LogP contribution in [0.3, 0.4) is 0 Å². The number of halogens is 1. The highest BCUT2D eigenvalue weighted by Crippen LogP contribution is 2.34. The van der Waals surface area contributed by atoms with Crippen LogP contribution < -0.4 is 5.73 Å². The van der Waals surface area contributed by atoms with Gasteiger partial charge in [-0.05, 0) is 47.2 Å². The van der Waals surface area contributed by atoms with Crippen LogP contribution in [-0.4, -0.2) is 15.2 Å². The van der Waals surface area contributed by atoms with Gasteiger partial charge in [-0.2, -0.15) is 10.4 Å². The van der Waals surface area contributed by atoms with E-state index < -0.39 is 0 Å². The van der Waals surface area contributed by atoms with E-state index in [1.807, 2.05) is 31.2 Å². The van der Waals surface area contributed by atoms with E-state index in [2.05, 4.69) is 43.8 Å². The third-order valence-corrected chi connectivity index (χ3v) is 3.87. The van der Waals surface area contributed by atoms with Gasteiger partial charge in [0, 0.05) is 14.8 Å². The first-order chi connectivity index (χ1) is 9.61. The van der Waals surface area contributed by atoms with Crippen LogP contribution in [0.15, 0.2) is 24.3 Å². The van der Waals surface area contributed by atoms with Crippen molar-refractivity contribution in [2.75, 3.05) is 5.73 Å². The van der Waals surface area contributed by atoms with Crippen molar-refractivity contribution < 1.29 is 0 Å². The molecule has 0 spiro atoms. The molecule has 0 saturated carbocycles. The smallest absolute Gasteiger partial charge is 0.183 e. The van der Waals surface area contributed by atoms with Crippen LogP contribution in [0.2, 0.25) is 0 Å². The zero-order chi connectivity index (χ0) is 14.3. The highest BCUT2D eigenvalue weighted by Gasteiger charge is 2.18. The molecule has 3 N–H and O–H groups in total. The zero-order valence-corrected chi connectivity index (χ0v) is 12.8. The van der Waals surface area contributed by atoms with Gasteiger partial charge in [-0.3, -0.25) is 5.10 Å². The van der Waals surface area contributed by atoms with E-state index in [4.69, 9.17) is 5.73 Å². The maximum Gasteiger partial charge on any atom is 0.183 e. The van der Waals surface area contributed by atoms with E-state index in [-0.39, 0.29) is 5.82 Å². The van der Waals surface area contributed by atoms with Crippen LogP contribution in [0.1, 0.15) is 11.3 Å². The number of benzene rings is 1. The van der Waals surface area contributed by atoms with Crippen molar-refractivity contribution in [2.45, 2.75) is 6.92 Å². The van der Waals surface area contributed by atoms with Crippen LogP contribution in [0.25, 0.3) is 22.2 Å². The summed E-state index contributed by atoms with van der Waals surface area (Å²) in [5.41, 5.74) is 9.41. The van der Waals surface area contributed by atoms with Gasteiger partial charge in [0.15, 0.2) is 5.65 Å². The molecular weight excluding hydrogens is 365 g/mol. The molecule has 20 heavy (non-hydrogen) atoms. The van der Waals surface area contributed by atoms with E-state index in [1.54, 1.807) is 0 Å². The maximum absolute atomic E-state index is 9.40. The largest absolute Gasteiger partial charge is 0.383 e. The highest BCUT2D eigenvalue weighted by atomic mass is 127. The molecule has 3 rings (SSSR count). The van der Waals surface area contributed by atoms with Crippen molar-refractivity contribution in [3.63, 3.8) is 0 Å². The molecule has 0 aliphatic carbocycles. The molecule has 5 nitrogen and oxygen atoms in total. The van der Waals surface area contributed by atoms with E-state index in [1.165, 1.54) is 0 Å². The quantitative estimate of drug-likeness (QED) is 0.640. The lowest BCUT2D eigenvalue weighted by Crippen LogP contribution is -1.99. The van der Waals surface area contributed by atoms with Gasteiger partial charge in [0.25, 0.3) is 0 Å². The summed E-state index contributed by atoms with van der Waals surface area (Å²) in [4.78, 5) is 4.18. The Balaban J connectivity index is 2.46. The van der Waals surface area contributed by atoms with Gasteiger partial charge >= 0.3 is 0 Å². The molecule has 98 valence electrons. The second kappa shape index (κ2) is 4.76.